The van der Waals surface area contributed by atoms with E-state index < -0.39 is 29.5 Å². The Hall–Kier alpha value is -3.15. The normalized spacial score (nSPS) is 21.3. The molecule has 0 atom stereocenters. The number of halogens is 4. The lowest BCUT2D eigenvalue weighted by atomic mass is 9.93. The highest BCUT2D eigenvalue weighted by molar-refractivity contribution is 5.91. The molecule has 3 aromatic heterocycles. The molecule has 0 aromatic carbocycles. The van der Waals surface area contributed by atoms with Crippen LogP contribution in [0.5, 0.6) is 5.88 Å². The number of piperazine rings is 1. The first-order valence-corrected chi connectivity index (χ1v) is 11.7. The molecule has 1 saturated heterocycles. The van der Waals surface area contributed by atoms with Crippen LogP contribution in [-0.2, 0) is 6.18 Å². The average molecular weight is 494 g/mol. The smallest absolute Gasteiger partial charge is 0.419 e. The average Bonchev–Trinajstić information content (AvgIpc) is 3.24. The molecule has 1 aliphatic carbocycles. The molecule has 0 radical (unpaired) electrons. The van der Waals surface area contributed by atoms with Gasteiger partial charge in [0.15, 0.2) is 11.6 Å². The van der Waals surface area contributed by atoms with Gasteiger partial charge in [-0.2, -0.15) is 18.3 Å². The van der Waals surface area contributed by atoms with E-state index in [2.05, 4.69) is 25.5 Å². The number of hydrogen-bond donors (Lipinski definition) is 2. The van der Waals surface area contributed by atoms with Crippen molar-refractivity contribution in [2.24, 2.45) is 0 Å². The Kier molecular flexibility index (Phi) is 6.39. The Morgan fingerprint density at radius 2 is 1.86 bits per heavy atom. The number of nitrogens with one attached hydrogen (secondary N) is 2. The number of alkyl halides is 3. The van der Waals surface area contributed by atoms with Gasteiger partial charge in [0, 0.05) is 51.7 Å². The molecule has 188 valence electrons. The molecule has 4 heterocycles. The van der Waals surface area contributed by atoms with Crippen LogP contribution in [0.2, 0.25) is 0 Å². The van der Waals surface area contributed by atoms with Crippen molar-refractivity contribution in [3.63, 3.8) is 0 Å². The van der Waals surface area contributed by atoms with Gasteiger partial charge in [-0.3, -0.25) is 4.68 Å². The van der Waals surface area contributed by atoms with E-state index in [1.54, 1.807) is 0 Å². The van der Waals surface area contributed by atoms with Crippen LogP contribution < -0.4 is 20.3 Å². The maximum Gasteiger partial charge on any atom is 0.419 e. The van der Waals surface area contributed by atoms with Crippen molar-refractivity contribution in [2.75, 3.05) is 43.4 Å². The molecule has 5 rings (SSSR count). The first kappa shape index (κ1) is 23.6. The van der Waals surface area contributed by atoms with Gasteiger partial charge in [0.1, 0.15) is 11.9 Å². The third-order valence-electron chi connectivity index (χ3n) is 6.68. The number of ether oxygens (including phenoxy) is 1. The van der Waals surface area contributed by atoms with E-state index in [1.807, 2.05) is 24.0 Å². The second-order valence-corrected chi connectivity index (χ2v) is 8.87. The van der Waals surface area contributed by atoms with Crippen molar-refractivity contribution in [1.29, 1.82) is 0 Å². The van der Waals surface area contributed by atoms with Gasteiger partial charge in [-0.25, -0.2) is 14.4 Å². The second-order valence-electron chi connectivity index (χ2n) is 8.87. The van der Waals surface area contributed by atoms with E-state index in [4.69, 9.17) is 9.84 Å². The molecular formula is C23H27F4N7O. The third-order valence-corrected chi connectivity index (χ3v) is 6.68. The molecule has 0 unspecified atom stereocenters. The van der Waals surface area contributed by atoms with Gasteiger partial charge in [-0.15, -0.1) is 0 Å². The fourth-order valence-electron chi connectivity index (χ4n) is 4.83. The molecule has 2 N–H and O–H groups in total. The fraction of sp³-hybridized carbons (Fsp3) is 0.522. The summed E-state index contributed by atoms with van der Waals surface area (Å²) in [6.45, 7) is 3.49. The molecule has 2 aliphatic rings. The van der Waals surface area contributed by atoms with Crippen LogP contribution in [0, 0.1) is 5.82 Å². The quantitative estimate of drug-likeness (QED) is 0.520. The Labute approximate surface area is 199 Å². The molecule has 2 fully saturated rings. The topological polar surface area (TPSA) is 80.1 Å². The number of rotatable bonds is 5. The van der Waals surface area contributed by atoms with Crippen molar-refractivity contribution < 1.29 is 22.3 Å². The minimum Gasteiger partial charge on any atom is -0.472 e. The molecule has 0 bridgehead atoms. The van der Waals surface area contributed by atoms with Crippen LogP contribution in [0.15, 0.2) is 24.5 Å². The van der Waals surface area contributed by atoms with Gasteiger partial charge in [-0.1, -0.05) is 0 Å². The summed E-state index contributed by atoms with van der Waals surface area (Å²) in [5.74, 6) is -0.412. The summed E-state index contributed by atoms with van der Waals surface area (Å²) in [7, 11) is 1.82. The van der Waals surface area contributed by atoms with E-state index in [0.717, 1.165) is 54.9 Å². The van der Waals surface area contributed by atoms with E-state index in [1.165, 1.54) is 0 Å². The Bertz CT molecular complexity index is 1180. The number of fused-ring (bicyclic) bond motifs is 1. The van der Waals surface area contributed by atoms with Crippen LogP contribution in [0.4, 0.5) is 29.2 Å². The van der Waals surface area contributed by atoms with E-state index >= 15 is 0 Å². The zero-order valence-electron chi connectivity index (χ0n) is 19.3. The van der Waals surface area contributed by atoms with Gasteiger partial charge >= 0.3 is 6.18 Å². The summed E-state index contributed by atoms with van der Waals surface area (Å²) < 4.78 is 61.0. The first-order chi connectivity index (χ1) is 16.8. The van der Waals surface area contributed by atoms with Crippen LogP contribution in [0.3, 0.4) is 0 Å². The first-order valence-electron chi connectivity index (χ1n) is 11.7. The summed E-state index contributed by atoms with van der Waals surface area (Å²) in [5, 5.41) is 12.4. The Morgan fingerprint density at radius 3 is 2.54 bits per heavy atom. The number of hydrogen-bond acceptors (Lipinski definition) is 7. The third kappa shape index (κ3) is 4.71. The molecule has 0 spiro atoms. The molecule has 1 saturated carbocycles. The summed E-state index contributed by atoms with van der Waals surface area (Å²) >= 11 is 0. The minimum atomic E-state index is -4.80. The highest BCUT2D eigenvalue weighted by atomic mass is 19.4. The summed E-state index contributed by atoms with van der Waals surface area (Å²) in [5.41, 5.74) is -0.388. The van der Waals surface area contributed by atoms with Gasteiger partial charge in [-0.05, 0) is 31.7 Å². The van der Waals surface area contributed by atoms with E-state index in [-0.39, 0.29) is 6.04 Å². The minimum absolute atomic E-state index is 0.0837. The highest BCUT2D eigenvalue weighted by Gasteiger charge is 2.36. The second kappa shape index (κ2) is 9.48. The molecule has 35 heavy (non-hydrogen) atoms. The Morgan fingerprint density at radius 1 is 1.11 bits per heavy atom. The van der Waals surface area contributed by atoms with Gasteiger partial charge in [0.25, 0.3) is 5.88 Å². The lowest BCUT2D eigenvalue weighted by Gasteiger charge is -2.30. The largest absolute Gasteiger partial charge is 0.472 e. The standard InChI is InChI=1S/C23H27F4N7O/c1-28-19-12-18-16(13-31-19)21(33-10-8-29-9-11-33)32-34(18)14-2-4-15(5-3-14)35-22-20(24)17(6-7-30-22)23(25,26)27/h6-7,12-15,29H,2-5,8-11H2,1H3,(H,28,31)/t14-,15+. The lowest BCUT2D eigenvalue weighted by Crippen LogP contribution is -2.43. The predicted octanol–water partition coefficient (Wildman–Crippen LogP) is 4.00. The summed E-state index contributed by atoms with van der Waals surface area (Å²) in [4.78, 5) is 10.4. The van der Waals surface area contributed by atoms with Gasteiger partial charge in [0.2, 0.25) is 0 Å². The maximum absolute atomic E-state index is 14.3. The highest BCUT2D eigenvalue weighted by Crippen LogP contribution is 2.38. The van der Waals surface area contributed by atoms with E-state index in [0.29, 0.717) is 31.7 Å². The monoisotopic (exact) mass is 493 g/mol. The molecule has 0 amide bonds. The predicted molar refractivity (Wildman–Crippen MR) is 123 cm³/mol. The number of aromatic nitrogens is 4. The molecular weight excluding hydrogens is 466 g/mol. The van der Waals surface area contributed by atoms with Crippen molar-refractivity contribution in [2.45, 2.75) is 44.0 Å². The van der Waals surface area contributed by atoms with Crippen LogP contribution >= 0.6 is 0 Å². The Balaban J connectivity index is 1.35. The number of pyridine rings is 2. The molecule has 3 aromatic rings. The van der Waals surface area contributed by atoms with Crippen molar-refractivity contribution >= 4 is 22.5 Å². The van der Waals surface area contributed by atoms with Crippen LogP contribution in [-0.4, -0.2) is 59.1 Å². The number of anilines is 2. The van der Waals surface area contributed by atoms with E-state index in [9.17, 15) is 17.6 Å². The molecule has 12 heteroatoms. The van der Waals surface area contributed by atoms with Crippen LogP contribution in [0.25, 0.3) is 10.9 Å². The van der Waals surface area contributed by atoms with Crippen molar-refractivity contribution in [3.05, 3.63) is 35.9 Å². The summed E-state index contributed by atoms with van der Waals surface area (Å²) in [6.07, 6.45) is 0.0492. The zero-order chi connectivity index (χ0) is 24.6. The summed E-state index contributed by atoms with van der Waals surface area (Å²) in [6, 6.07) is 2.69. The van der Waals surface area contributed by atoms with Gasteiger partial charge in [0.05, 0.1) is 22.5 Å². The van der Waals surface area contributed by atoms with Crippen molar-refractivity contribution in [1.82, 2.24) is 25.1 Å². The van der Waals surface area contributed by atoms with Crippen molar-refractivity contribution in [3.8, 4) is 5.88 Å². The lowest BCUT2D eigenvalue weighted by molar-refractivity contribution is -0.140. The molecule has 8 nitrogen and oxygen atoms in total. The fourth-order valence-corrected chi connectivity index (χ4v) is 4.83. The SMILES string of the molecule is CNc1cc2c(cn1)c(N1CCNCC1)nn2[C@H]1CC[C@@H](Oc2nccc(C(F)(F)F)c2F)CC1. The number of nitrogens with zero attached hydrogens (tertiary/aromatic N) is 5. The van der Waals surface area contributed by atoms with Gasteiger partial charge < -0.3 is 20.3 Å². The zero-order valence-corrected chi connectivity index (χ0v) is 19.3. The van der Waals surface area contributed by atoms with Crippen LogP contribution in [0.1, 0.15) is 37.3 Å². The molecule has 1 aliphatic heterocycles. The maximum atomic E-state index is 14.3.